The van der Waals surface area contributed by atoms with E-state index in [-0.39, 0.29) is 5.52 Å². The molecule has 2 rings (SSSR count). The SMILES string of the molecule is CC.Cc1cc(C(F)(F)F)c2nncc(C)c2c1. The van der Waals surface area contributed by atoms with Crippen molar-refractivity contribution in [1.82, 2.24) is 10.2 Å². The van der Waals surface area contributed by atoms with Crippen molar-refractivity contribution in [2.75, 3.05) is 0 Å². The Morgan fingerprint density at radius 3 is 2.22 bits per heavy atom. The summed E-state index contributed by atoms with van der Waals surface area (Å²) in [6.45, 7) is 7.35. The van der Waals surface area contributed by atoms with Crippen LogP contribution in [0.2, 0.25) is 0 Å². The number of benzene rings is 1. The molecule has 0 aliphatic heterocycles. The Balaban J connectivity index is 0.000000771. The summed E-state index contributed by atoms with van der Waals surface area (Å²) in [6, 6.07) is 2.78. The first-order valence-corrected chi connectivity index (χ1v) is 5.69. The normalized spacial score (nSPS) is 11.1. The first-order valence-electron chi connectivity index (χ1n) is 5.69. The highest BCUT2D eigenvalue weighted by atomic mass is 19.4. The van der Waals surface area contributed by atoms with Crippen LogP contribution in [0.15, 0.2) is 18.3 Å². The standard InChI is InChI=1S/C11H9F3N2.C2H6/c1-6-3-8-7(2)5-15-16-10(8)9(4-6)11(12,13)14;1-2/h3-5H,1-2H3;1-2H3. The van der Waals surface area contributed by atoms with Crippen molar-refractivity contribution in [1.29, 1.82) is 0 Å². The molecule has 0 fully saturated rings. The number of halogens is 3. The second-order valence-corrected chi connectivity index (χ2v) is 3.73. The molecule has 98 valence electrons. The molecule has 0 aliphatic rings. The van der Waals surface area contributed by atoms with Crippen molar-refractivity contribution < 1.29 is 13.2 Å². The van der Waals surface area contributed by atoms with E-state index in [4.69, 9.17) is 0 Å². The zero-order valence-electron chi connectivity index (χ0n) is 10.8. The summed E-state index contributed by atoms with van der Waals surface area (Å²) in [5.74, 6) is 0. The van der Waals surface area contributed by atoms with Gasteiger partial charge < -0.3 is 0 Å². The zero-order valence-corrected chi connectivity index (χ0v) is 10.8. The summed E-state index contributed by atoms with van der Waals surface area (Å²) in [5.41, 5.74) is 0.451. The number of nitrogens with zero attached hydrogens (tertiary/aromatic N) is 2. The summed E-state index contributed by atoms with van der Waals surface area (Å²) < 4.78 is 38.3. The van der Waals surface area contributed by atoms with Crippen molar-refractivity contribution >= 4 is 10.9 Å². The molecule has 0 N–H and O–H groups in total. The van der Waals surface area contributed by atoms with Gasteiger partial charge in [0.1, 0.15) is 5.52 Å². The van der Waals surface area contributed by atoms with Gasteiger partial charge in [-0.15, -0.1) is 5.10 Å². The van der Waals surface area contributed by atoms with E-state index in [1.807, 2.05) is 13.8 Å². The Morgan fingerprint density at radius 1 is 1.06 bits per heavy atom. The molecule has 1 aromatic heterocycles. The number of hydrogen-bond acceptors (Lipinski definition) is 2. The fourth-order valence-corrected chi connectivity index (χ4v) is 1.65. The van der Waals surface area contributed by atoms with Gasteiger partial charge in [0.25, 0.3) is 0 Å². The van der Waals surface area contributed by atoms with E-state index in [0.717, 1.165) is 6.07 Å². The highest BCUT2D eigenvalue weighted by Gasteiger charge is 2.33. The summed E-state index contributed by atoms with van der Waals surface area (Å²) in [7, 11) is 0. The molecule has 1 heterocycles. The Hall–Kier alpha value is -1.65. The molecule has 0 atom stereocenters. The lowest BCUT2D eigenvalue weighted by Crippen LogP contribution is -2.08. The number of hydrogen-bond donors (Lipinski definition) is 0. The molecule has 0 spiro atoms. The molecule has 0 unspecified atom stereocenters. The fraction of sp³-hybridized carbons (Fsp3) is 0.385. The van der Waals surface area contributed by atoms with E-state index < -0.39 is 11.7 Å². The van der Waals surface area contributed by atoms with E-state index in [2.05, 4.69) is 10.2 Å². The Labute approximate surface area is 104 Å². The van der Waals surface area contributed by atoms with Crippen LogP contribution in [0.25, 0.3) is 10.9 Å². The Bertz CT molecular complexity index is 548. The molecule has 18 heavy (non-hydrogen) atoms. The second kappa shape index (κ2) is 5.33. The largest absolute Gasteiger partial charge is 0.418 e. The highest BCUT2D eigenvalue weighted by Crippen LogP contribution is 2.35. The summed E-state index contributed by atoms with van der Waals surface area (Å²) in [5, 5.41) is 7.65. The van der Waals surface area contributed by atoms with Crippen LogP contribution in [0, 0.1) is 13.8 Å². The van der Waals surface area contributed by atoms with Gasteiger partial charge in [0, 0.05) is 5.39 Å². The molecule has 0 radical (unpaired) electrons. The van der Waals surface area contributed by atoms with Crippen LogP contribution in [-0.4, -0.2) is 10.2 Å². The third-order valence-electron chi connectivity index (χ3n) is 2.39. The quantitative estimate of drug-likeness (QED) is 0.702. The van der Waals surface area contributed by atoms with Gasteiger partial charge in [0.2, 0.25) is 0 Å². The fourth-order valence-electron chi connectivity index (χ4n) is 1.65. The number of aromatic nitrogens is 2. The van der Waals surface area contributed by atoms with Gasteiger partial charge in [-0.2, -0.15) is 18.3 Å². The van der Waals surface area contributed by atoms with E-state index in [9.17, 15) is 13.2 Å². The molecule has 0 saturated carbocycles. The minimum absolute atomic E-state index is 0.0851. The third-order valence-corrected chi connectivity index (χ3v) is 2.39. The Kier molecular flexibility index (Phi) is 4.27. The molecule has 2 nitrogen and oxygen atoms in total. The smallest absolute Gasteiger partial charge is 0.166 e. The predicted molar refractivity (Wildman–Crippen MR) is 65.4 cm³/mol. The van der Waals surface area contributed by atoms with E-state index in [1.54, 1.807) is 19.9 Å². The molecule has 5 heteroatoms. The van der Waals surface area contributed by atoms with Gasteiger partial charge in [-0.05, 0) is 37.1 Å². The van der Waals surface area contributed by atoms with Gasteiger partial charge in [-0.3, -0.25) is 0 Å². The van der Waals surface area contributed by atoms with Crippen LogP contribution in [0.5, 0.6) is 0 Å². The highest BCUT2D eigenvalue weighted by molar-refractivity contribution is 5.85. The maximum atomic E-state index is 12.8. The lowest BCUT2D eigenvalue weighted by Gasteiger charge is -2.11. The topological polar surface area (TPSA) is 25.8 Å². The van der Waals surface area contributed by atoms with Crippen LogP contribution >= 0.6 is 0 Å². The zero-order chi connectivity index (χ0) is 13.9. The van der Waals surface area contributed by atoms with Crippen molar-refractivity contribution in [2.24, 2.45) is 0 Å². The summed E-state index contributed by atoms with van der Waals surface area (Å²) in [4.78, 5) is 0. The molecule has 0 bridgehead atoms. The lowest BCUT2D eigenvalue weighted by atomic mass is 10.0. The number of fused-ring (bicyclic) bond motifs is 1. The third kappa shape index (κ3) is 2.78. The van der Waals surface area contributed by atoms with Crippen LogP contribution < -0.4 is 0 Å². The van der Waals surface area contributed by atoms with Gasteiger partial charge in [-0.1, -0.05) is 13.8 Å². The number of alkyl halides is 3. The van der Waals surface area contributed by atoms with Gasteiger partial charge in [0.15, 0.2) is 0 Å². The van der Waals surface area contributed by atoms with Crippen LogP contribution in [0.3, 0.4) is 0 Å². The van der Waals surface area contributed by atoms with E-state index >= 15 is 0 Å². The number of rotatable bonds is 0. The molecular weight excluding hydrogens is 241 g/mol. The molecule has 0 aliphatic carbocycles. The second-order valence-electron chi connectivity index (χ2n) is 3.73. The lowest BCUT2D eigenvalue weighted by molar-refractivity contribution is -0.136. The Morgan fingerprint density at radius 2 is 1.67 bits per heavy atom. The van der Waals surface area contributed by atoms with Gasteiger partial charge in [0.05, 0.1) is 11.8 Å². The van der Waals surface area contributed by atoms with Crippen LogP contribution in [-0.2, 0) is 6.18 Å². The average molecular weight is 256 g/mol. The minimum Gasteiger partial charge on any atom is -0.166 e. The van der Waals surface area contributed by atoms with Gasteiger partial charge >= 0.3 is 6.18 Å². The minimum atomic E-state index is -4.40. The molecule has 0 amide bonds. The predicted octanol–water partition coefficient (Wildman–Crippen LogP) is 4.29. The molecule has 1 aromatic carbocycles. The van der Waals surface area contributed by atoms with Crippen molar-refractivity contribution in [2.45, 2.75) is 33.9 Å². The molecular formula is C13H15F3N2. The average Bonchev–Trinajstić information content (AvgIpc) is 2.31. The van der Waals surface area contributed by atoms with E-state index in [1.165, 1.54) is 6.20 Å². The van der Waals surface area contributed by atoms with Crippen LogP contribution in [0.1, 0.15) is 30.5 Å². The monoisotopic (exact) mass is 256 g/mol. The summed E-state index contributed by atoms with van der Waals surface area (Å²) in [6.07, 6.45) is -2.94. The van der Waals surface area contributed by atoms with E-state index in [0.29, 0.717) is 16.5 Å². The van der Waals surface area contributed by atoms with Crippen molar-refractivity contribution in [3.63, 3.8) is 0 Å². The van der Waals surface area contributed by atoms with Gasteiger partial charge in [-0.25, -0.2) is 0 Å². The number of aryl methyl sites for hydroxylation is 2. The van der Waals surface area contributed by atoms with Crippen LogP contribution in [0.4, 0.5) is 13.2 Å². The van der Waals surface area contributed by atoms with Crippen molar-refractivity contribution in [3.8, 4) is 0 Å². The molecule has 2 aromatic rings. The summed E-state index contributed by atoms with van der Waals surface area (Å²) >= 11 is 0. The maximum absolute atomic E-state index is 12.8. The molecule has 0 saturated heterocycles. The van der Waals surface area contributed by atoms with Crippen molar-refractivity contribution in [3.05, 3.63) is 35.0 Å². The maximum Gasteiger partial charge on any atom is 0.418 e. The first kappa shape index (κ1) is 14.4. The first-order chi connectivity index (χ1) is 8.39.